The number of hydrogen-bond acceptors (Lipinski definition) is 8. The predicted octanol–water partition coefficient (Wildman–Crippen LogP) is 9.45. The first-order valence-corrected chi connectivity index (χ1v) is 17.8. The average molecular weight is 630 g/mol. The molecular weight excluding hydrogens is 584 g/mol. The van der Waals surface area contributed by atoms with E-state index in [1.54, 1.807) is 52.0 Å². The van der Waals surface area contributed by atoms with E-state index in [-0.39, 0.29) is 37.3 Å². The zero-order valence-electron chi connectivity index (χ0n) is 26.0. The molecule has 0 amide bonds. The highest BCUT2D eigenvalue weighted by molar-refractivity contribution is 7.72. The Bertz CT molecular complexity index is 1270. The molecule has 3 rings (SSSR count). The topological polar surface area (TPSA) is 92.3 Å². The molecular formula is C30H46ClNO7P2. The van der Waals surface area contributed by atoms with Crippen LogP contribution in [0.1, 0.15) is 85.9 Å². The number of rotatable bonds is 12. The quantitative estimate of drug-likeness (QED) is 0.232. The van der Waals surface area contributed by atoms with Crippen molar-refractivity contribution in [1.82, 2.24) is 0 Å². The van der Waals surface area contributed by atoms with Gasteiger partial charge in [-0.25, -0.2) is 0 Å². The van der Waals surface area contributed by atoms with Crippen LogP contribution in [0.2, 0.25) is 5.02 Å². The van der Waals surface area contributed by atoms with Gasteiger partial charge >= 0.3 is 15.2 Å². The molecule has 1 aliphatic heterocycles. The summed E-state index contributed by atoms with van der Waals surface area (Å²) in [5.41, 5.74) is 0.861. The highest BCUT2D eigenvalue weighted by Crippen LogP contribution is 2.76. The number of hydrogen-bond donors (Lipinski definition) is 1. The standard InChI is InChI=1S/C30H46ClNO7P2/c1-11-35-40(33,36-12-2)27(41(34,37-13-3)38-14-4)30(21-16-15-17-23(31)18-21)32-25-20-22(28(5,6)7)19-24(26(25)39-30)29(8,9)10/h15-20,27,32H,11-14H2,1-10H3. The van der Waals surface area contributed by atoms with Crippen molar-refractivity contribution >= 4 is 32.5 Å². The van der Waals surface area contributed by atoms with Crippen LogP contribution in [0.5, 0.6) is 5.75 Å². The molecule has 0 spiro atoms. The smallest absolute Gasteiger partial charge is 0.352 e. The fourth-order valence-corrected chi connectivity index (χ4v) is 11.0. The van der Waals surface area contributed by atoms with Crippen molar-refractivity contribution in [3.63, 3.8) is 0 Å². The van der Waals surface area contributed by atoms with Gasteiger partial charge in [-0.3, -0.25) is 9.13 Å². The average Bonchev–Trinajstić information content (AvgIpc) is 3.22. The Morgan fingerprint density at radius 2 is 1.34 bits per heavy atom. The molecule has 0 saturated heterocycles. The lowest BCUT2D eigenvalue weighted by atomic mass is 9.80. The number of ether oxygens (including phenoxy) is 1. The lowest BCUT2D eigenvalue weighted by Crippen LogP contribution is -2.49. The van der Waals surface area contributed by atoms with Crippen LogP contribution in [0, 0.1) is 0 Å². The minimum atomic E-state index is -4.28. The van der Waals surface area contributed by atoms with E-state index in [9.17, 15) is 9.13 Å². The van der Waals surface area contributed by atoms with E-state index >= 15 is 0 Å². The van der Waals surface area contributed by atoms with Crippen LogP contribution in [0.3, 0.4) is 0 Å². The SMILES string of the molecule is CCOP(=O)(OCC)C(C1(c2cccc(Cl)c2)Nc2cc(C(C)(C)C)cc(C(C)(C)C)c2O1)P(=O)(OCC)OCC. The first-order chi connectivity index (χ1) is 19.0. The van der Waals surface area contributed by atoms with Gasteiger partial charge in [-0.1, -0.05) is 71.3 Å². The zero-order chi connectivity index (χ0) is 30.9. The molecule has 1 heterocycles. The molecule has 1 atom stereocenters. The highest BCUT2D eigenvalue weighted by Gasteiger charge is 2.67. The normalized spacial score (nSPS) is 17.9. The molecule has 2 aromatic rings. The molecule has 11 heteroatoms. The number of nitrogens with one attached hydrogen (secondary N) is 1. The minimum absolute atomic E-state index is 0.0337. The second-order valence-electron chi connectivity index (χ2n) is 12.0. The van der Waals surface area contributed by atoms with Crippen LogP contribution >= 0.6 is 26.8 Å². The molecule has 1 N–H and O–H groups in total. The number of benzene rings is 2. The van der Waals surface area contributed by atoms with Crippen molar-refractivity contribution < 1.29 is 32.0 Å². The zero-order valence-corrected chi connectivity index (χ0v) is 28.5. The summed E-state index contributed by atoms with van der Waals surface area (Å²) in [5, 5.41) is 2.38. The minimum Gasteiger partial charge on any atom is -0.460 e. The second-order valence-corrected chi connectivity index (χ2v) is 17.1. The van der Waals surface area contributed by atoms with Crippen LogP contribution in [0.25, 0.3) is 0 Å². The van der Waals surface area contributed by atoms with Crippen molar-refractivity contribution in [2.24, 2.45) is 0 Å². The summed E-state index contributed by atoms with van der Waals surface area (Å²) in [6.45, 7) is 19.7. The van der Waals surface area contributed by atoms with Crippen molar-refractivity contribution in [3.05, 3.63) is 58.1 Å². The van der Waals surface area contributed by atoms with Gasteiger partial charge < -0.3 is 28.1 Å². The van der Waals surface area contributed by atoms with E-state index in [2.05, 4.69) is 52.9 Å². The molecule has 0 radical (unpaired) electrons. The second kappa shape index (κ2) is 12.7. The van der Waals surface area contributed by atoms with Crippen molar-refractivity contribution in [2.75, 3.05) is 31.7 Å². The van der Waals surface area contributed by atoms with Crippen LogP contribution < -0.4 is 10.1 Å². The Balaban J connectivity index is 2.50. The predicted molar refractivity (Wildman–Crippen MR) is 167 cm³/mol. The van der Waals surface area contributed by atoms with Gasteiger partial charge in [0.2, 0.25) is 11.1 Å². The maximum absolute atomic E-state index is 14.9. The van der Waals surface area contributed by atoms with Gasteiger partial charge in [0.05, 0.1) is 32.1 Å². The number of halogens is 1. The van der Waals surface area contributed by atoms with Crippen LogP contribution in [0.15, 0.2) is 36.4 Å². The molecule has 0 aliphatic carbocycles. The fourth-order valence-electron chi connectivity index (χ4n) is 5.02. The third-order valence-electron chi connectivity index (χ3n) is 6.80. The maximum Gasteiger partial charge on any atom is 0.352 e. The van der Waals surface area contributed by atoms with Crippen LogP contribution in [0.4, 0.5) is 5.69 Å². The van der Waals surface area contributed by atoms with Gasteiger partial charge in [0.15, 0.2) is 0 Å². The van der Waals surface area contributed by atoms with E-state index in [1.807, 2.05) is 6.07 Å². The van der Waals surface area contributed by atoms with Crippen molar-refractivity contribution in [2.45, 2.75) is 91.2 Å². The number of anilines is 1. The summed E-state index contributed by atoms with van der Waals surface area (Å²) in [7, 11) is -8.56. The Morgan fingerprint density at radius 1 is 0.829 bits per heavy atom. The largest absolute Gasteiger partial charge is 0.460 e. The molecule has 0 fully saturated rings. The van der Waals surface area contributed by atoms with Gasteiger partial charge in [0.25, 0.3) is 0 Å². The maximum atomic E-state index is 14.9. The molecule has 0 saturated carbocycles. The van der Waals surface area contributed by atoms with Crippen molar-refractivity contribution in [1.29, 1.82) is 0 Å². The third kappa shape index (κ3) is 6.91. The molecule has 230 valence electrons. The van der Waals surface area contributed by atoms with E-state index in [4.69, 9.17) is 34.4 Å². The van der Waals surface area contributed by atoms with E-state index < -0.39 is 26.3 Å². The monoisotopic (exact) mass is 629 g/mol. The molecule has 0 aromatic heterocycles. The summed E-state index contributed by atoms with van der Waals surface area (Å²) in [4.78, 5) is 0. The van der Waals surface area contributed by atoms with Gasteiger partial charge in [-0.05, 0) is 62.3 Å². The Kier molecular flexibility index (Phi) is 10.6. The van der Waals surface area contributed by atoms with E-state index in [0.717, 1.165) is 11.1 Å². The lowest BCUT2D eigenvalue weighted by molar-refractivity contribution is 0.0935. The molecule has 1 aliphatic rings. The number of fused-ring (bicyclic) bond motifs is 1. The Morgan fingerprint density at radius 3 is 1.76 bits per heavy atom. The van der Waals surface area contributed by atoms with Gasteiger partial charge in [-0.2, -0.15) is 0 Å². The molecule has 2 aromatic carbocycles. The lowest BCUT2D eigenvalue weighted by Gasteiger charge is -2.42. The highest BCUT2D eigenvalue weighted by atomic mass is 35.5. The molecule has 0 bridgehead atoms. The van der Waals surface area contributed by atoms with E-state index in [1.165, 1.54) is 0 Å². The first-order valence-electron chi connectivity index (χ1n) is 14.2. The van der Waals surface area contributed by atoms with Crippen LogP contribution in [-0.2, 0) is 43.8 Å². The van der Waals surface area contributed by atoms with Crippen molar-refractivity contribution in [3.8, 4) is 5.75 Å². The summed E-state index contributed by atoms with van der Waals surface area (Å²) in [6, 6.07) is 11.1. The molecule has 8 nitrogen and oxygen atoms in total. The summed E-state index contributed by atoms with van der Waals surface area (Å²) in [6.07, 6.45) is 0. The first kappa shape index (κ1) is 34.1. The Labute approximate surface area is 250 Å². The van der Waals surface area contributed by atoms with Gasteiger partial charge in [0.1, 0.15) is 5.75 Å². The molecule has 1 unspecified atom stereocenters. The van der Waals surface area contributed by atoms with Gasteiger partial charge in [-0.15, -0.1) is 0 Å². The van der Waals surface area contributed by atoms with Crippen LogP contribution in [-0.4, -0.2) is 31.8 Å². The summed E-state index contributed by atoms with van der Waals surface area (Å²) < 4.78 is 60.3. The summed E-state index contributed by atoms with van der Waals surface area (Å²) >= 11 is 6.52. The summed E-state index contributed by atoms with van der Waals surface area (Å²) in [5.74, 6) is 0.551. The fraction of sp³-hybridized carbons (Fsp3) is 0.600. The third-order valence-corrected chi connectivity index (χ3v) is 13.1. The molecule has 41 heavy (non-hydrogen) atoms. The van der Waals surface area contributed by atoms with Gasteiger partial charge in [0, 0.05) is 16.1 Å². The van der Waals surface area contributed by atoms with E-state index in [0.29, 0.717) is 22.0 Å². The Hall–Kier alpha value is -1.37.